The summed E-state index contributed by atoms with van der Waals surface area (Å²) in [6, 6.07) is 12.0. The SMILES string of the molecule is C=CCOC(=O)Nc1cccc(C(CC)Nc2cc(N3CCOCC3)cc(CSc3nnc(CC)s3)n2)c1. The summed E-state index contributed by atoms with van der Waals surface area (Å²) in [5.74, 6) is 1.51. The van der Waals surface area contributed by atoms with E-state index in [9.17, 15) is 4.79 Å². The van der Waals surface area contributed by atoms with E-state index in [1.54, 1.807) is 23.1 Å². The third-order valence-electron chi connectivity index (χ3n) is 5.93. The number of pyridine rings is 1. The molecule has 202 valence electrons. The fraction of sp³-hybridized carbons (Fsp3) is 0.407. The van der Waals surface area contributed by atoms with Crippen molar-refractivity contribution in [3.05, 3.63) is 65.3 Å². The predicted molar refractivity (Wildman–Crippen MR) is 154 cm³/mol. The van der Waals surface area contributed by atoms with Crippen LogP contribution in [0.1, 0.15) is 42.6 Å². The lowest BCUT2D eigenvalue weighted by molar-refractivity contribution is 0.122. The Morgan fingerprint density at radius 1 is 1.26 bits per heavy atom. The molecule has 2 N–H and O–H groups in total. The number of rotatable bonds is 12. The Labute approximate surface area is 232 Å². The molecule has 0 bridgehead atoms. The maximum atomic E-state index is 12.0. The van der Waals surface area contributed by atoms with Gasteiger partial charge in [0.15, 0.2) is 4.34 Å². The number of nitrogens with one attached hydrogen (secondary N) is 2. The van der Waals surface area contributed by atoms with Crippen LogP contribution in [0.3, 0.4) is 0 Å². The van der Waals surface area contributed by atoms with Gasteiger partial charge in [-0.3, -0.25) is 5.32 Å². The number of hydrogen-bond donors (Lipinski definition) is 2. The molecule has 1 fully saturated rings. The number of thioether (sulfide) groups is 1. The number of anilines is 3. The summed E-state index contributed by atoms with van der Waals surface area (Å²) in [5.41, 5.74) is 3.82. The maximum Gasteiger partial charge on any atom is 0.411 e. The van der Waals surface area contributed by atoms with Crippen molar-refractivity contribution in [2.45, 2.75) is 42.8 Å². The van der Waals surface area contributed by atoms with Crippen LogP contribution < -0.4 is 15.5 Å². The number of carbonyl (C=O) groups excluding carboxylic acids is 1. The van der Waals surface area contributed by atoms with E-state index in [-0.39, 0.29) is 12.6 Å². The van der Waals surface area contributed by atoms with Crippen LogP contribution >= 0.6 is 23.1 Å². The van der Waals surface area contributed by atoms with Crippen molar-refractivity contribution in [1.29, 1.82) is 0 Å². The number of carbonyl (C=O) groups is 1. The van der Waals surface area contributed by atoms with E-state index in [0.717, 1.165) is 58.0 Å². The molecule has 1 atom stereocenters. The Bertz CT molecular complexity index is 1220. The lowest BCUT2D eigenvalue weighted by Gasteiger charge is -2.30. The van der Waals surface area contributed by atoms with Gasteiger partial charge in [-0.25, -0.2) is 9.78 Å². The highest BCUT2D eigenvalue weighted by molar-refractivity contribution is 8.00. The first-order valence-corrected chi connectivity index (χ1v) is 14.6. The molecule has 9 nitrogen and oxygen atoms in total. The number of nitrogens with zero attached hydrogens (tertiary/aromatic N) is 4. The highest BCUT2D eigenvalue weighted by atomic mass is 32.2. The summed E-state index contributed by atoms with van der Waals surface area (Å²) >= 11 is 3.30. The molecule has 0 spiro atoms. The van der Waals surface area contributed by atoms with E-state index >= 15 is 0 Å². The molecule has 1 aliphatic rings. The number of aromatic nitrogens is 3. The van der Waals surface area contributed by atoms with Crippen LogP contribution in [0.25, 0.3) is 0 Å². The average molecular weight is 555 g/mol. The lowest BCUT2D eigenvalue weighted by atomic mass is 10.0. The first kappa shape index (κ1) is 27.9. The Hall–Kier alpha value is -3.15. The standard InChI is InChI=1S/C27H34N6O3S2/c1-4-12-36-26(34)29-20-9-7-8-19(15-20)23(5-2)30-24-17-22(33-10-13-35-14-11-33)16-21(28-24)18-37-27-32-31-25(6-3)38-27/h4,7-9,15-17,23H,1,5-6,10-14,18H2,2-3H3,(H,28,30)(H,29,34). The number of ether oxygens (including phenoxy) is 2. The average Bonchev–Trinajstić information content (AvgIpc) is 3.42. The summed E-state index contributed by atoms with van der Waals surface area (Å²) in [6.45, 7) is 11.1. The summed E-state index contributed by atoms with van der Waals surface area (Å²) < 4.78 is 11.6. The van der Waals surface area contributed by atoms with Crippen LogP contribution in [0.2, 0.25) is 0 Å². The third kappa shape index (κ3) is 7.92. The van der Waals surface area contributed by atoms with Crippen LogP contribution in [0.5, 0.6) is 0 Å². The van der Waals surface area contributed by atoms with Gasteiger partial charge in [0.1, 0.15) is 17.4 Å². The largest absolute Gasteiger partial charge is 0.445 e. The van der Waals surface area contributed by atoms with Gasteiger partial charge in [-0.15, -0.1) is 10.2 Å². The Morgan fingerprint density at radius 3 is 2.84 bits per heavy atom. The smallest absolute Gasteiger partial charge is 0.411 e. The molecule has 1 unspecified atom stereocenters. The second-order valence-electron chi connectivity index (χ2n) is 8.65. The van der Waals surface area contributed by atoms with E-state index in [1.165, 1.54) is 6.08 Å². The quantitative estimate of drug-likeness (QED) is 0.209. The van der Waals surface area contributed by atoms with Crippen molar-refractivity contribution in [2.24, 2.45) is 0 Å². The van der Waals surface area contributed by atoms with Crippen molar-refractivity contribution in [3.8, 4) is 0 Å². The molecule has 1 amide bonds. The van der Waals surface area contributed by atoms with Crippen molar-refractivity contribution in [3.63, 3.8) is 0 Å². The number of morpholine rings is 1. The molecule has 0 saturated carbocycles. The van der Waals surface area contributed by atoms with Gasteiger partial charge in [0.05, 0.1) is 24.9 Å². The van der Waals surface area contributed by atoms with Crippen LogP contribution in [-0.4, -0.2) is 54.2 Å². The zero-order chi connectivity index (χ0) is 26.7. The fourth-order valence-corrected chi connectivity index (χ4v) is 5.75. The van der Waals surface area contributed by atoms with E-state index in [4.69, 9.17) is 14.5 Å². The zero-order valence-electron chi connectivity index (χ0n) is 21.8. The number of hydrogen-bond acceptors (Lipinski definition) is 10. The monoisotopic (exact) mass is 554 g/mol. The van der Waals surface area contributed by atoms with Gasteiger partial charge in [-0.05, 0) is 36.6 Å². The van der Waals surface area contributed by atoms with Crippen molar-refractivity contribution >= 4 is 46.4 Å². The van der Waals surface area contributed by atoms with E-state index in [0.29, 0.717) is 24.7 Å². The molecule has 4 rings (SSSR count). The predicted octanol–water partition coefficient (Wildman–Crippen LogP) is 5.92. The molecule has 2 aromatic heterocycles. The minimum absolute atomic E-state index is 0.00385. The molecule has 1 saturated heterocycles. The molecule has 1 aromatic carbocycles. The zero-order valence-corrected chi connectivity index (χ0v) is 23.4. The molecule has 0 radical (unpaired) electrons. The van der Waals surface area contributed by atoms with Gasteiger partial charge in [-0.1, -0.05) is 61.7 Å². The Balaban J connectivity index is 1.53. The fourth-order valence-electron chi connectivity index (χ4n) is 4.02. The van der Waals surface area contributed by atoms with Crippen LogP contribution in [0.15, 0.2) is 53.4 Å². The number of amides is 1. The molecule has 0 aliphatic carbocycles. The topological polar surface area (TPSA) is 102 Å². The Kier molecular flexibility index (Phi) is 10.4. The van der Waals surface area contributed by atoms with Crippen LogP contribution in [0.4, 0.5) is 22.0 Å². The minimum atomic E-state index is -0.508. The molecule has 1 aliphatic heterocycles. The second kappa shape index (κ2) is 14.1. The highest BCUT2D eigenvalue weighted by Gasteiger charge is 2.17. The van der Waals surface area contributed by atoms with Gasteiger partial charge in [0.25, 0.3) is 0 Å². The summed E-state index contributed by atoms with van der Waals surface area (Å²) in [7, 11) is 0. The number of benzene rings is 1. The lowest BCUT2D eigenvalue weighted by Crippen LogP contribution is -2.36. The third-order valence-corrected chi connectivity index (χ3v) is 8.17. The van der Waals surface area contributed by atoms with Crippen LogP contribution in [0, 0.1) is 0 Å². The molecule has 3 heterocycles. The molecular formula is C27H34N6O3S2. The minimum Gasteiger partial charge on any atom is -0.445 e. The van der Waals surface area contributed by atoms with Crippen molar-refractivity contribution in [2.75, 3.05) is 48.4 Å². The van der Waals surface area contributed by atoms with Crippen molar-refractivity contribution < 1.29 is 14.3 Å². The highest BCUT2D eigenvalue weighted by Crippen LogP contribution is 2.31. The number of aryl methyl sites for hydroxylation is 1. The van der Waals surface area contributed by atoms with Gasteiger partial charge in [0.2, 0.25) is 0 Å². The molecule has 3 aromatic rings. The Morgan fingerprint density at radius 2 is 2.11 bits per heavy atom. The second-order valence-corrected chi connectivity index (χ2v) is 10.9. The molecule has 38 heavy (non-hydrogen) atoms. The van der Waals surface area contributed by atoms with E-state index in [2.05, 4.69) is 58.3 Å². The summed E-state index contributed by atoms with van der Waals surface area (Å²) in [4.78, 5) is 19.3. The van der Waals surface area contributed by atoms with Crippen molar-refractivity contribution in [1.82, 2.24) is 15.2 Å². The molecule has 11 heteroatoms. The first-order valence-electron chi connectivity index (χ1n) is 12.8. The van der Waals surface area contributed by atoms with Gasteiger partial charge >= 0.3 is 6.09 Å². The normalized spacial score (nSPS) is 14.1. The summed E-state index contributed by atoms with van der Waals surface area (Å²) in [5, 5.41) is 16.0. The molecular weight excluding hydrogens is 520 g/mol. The summed E-state index contributed by atoms with van der Waals surface area (Å²) in [6.07, 6.45) is 2.75. The van der Waals surface area contributed by atoms with E-state index < -0.39 is 6.09 Å². The van der Waals surface area contributed by atoms with Gasteiger partial charge in [0, 0.05) is 36.3 Å². The van der Waals surface area contributed by atoms with Crippen LogP contribution in [-0.2, 0) is 21.6 Å². The van der Waals surface area contributed by atoms with E-state index in [1.807, 2.05) is 24.3 Å². The van der Waals surface area contributed by atoms with Gasteiger partial charge < -0.3 is 19.7 Å². The first-order chi connectivity index (χ1) is 18.6. The maximum absolute atomic E-state index is 12.0. The van der Waals surface area contributed by atoms with Gasteiger partial charge in [-0.2, -0.15) is 0 Å².